The third-order valence-corrected chi connectivity index (χ3v) is 6.88. The van der Waals surface area contributed by atoms with Crippen molar-refractivity contribution in [1.82, 2.24) is 4.57 Å². The maximum Gasteiger partial charge on any atom is 0.235 e. The van der Waals surface area contributed by atoms with Gasteiger partial charge in [0.25, 0.3) is 0 Å². The molecule has 1 heterocycles. The second-order valence-corrected chi connectivity index (χ2v) is 8.77. The van der Waals surface area contributed by atoms with Gasteiger partial charge < -0.3 is 15.0 Å². The van der Waals surface area contributed by atoms with Crippen LogP contribution in [0, 0.1) is 0 Å². The van der Waals surface area contributed by atoms with Crippen LogP contribution in [0.4, 0.5) is 11.4 Å². The van der Waals surface area contributed by atoms with Crippen molar-refractivity contribution in [1.29, 1.82) is 0 Å². The normalized spacial score (nSPS) is 14.4. The lowest BCUT2D eigenvalue weighted by molar-refractivity contribution is 0.415. The molecule has 0 spiro atoms. The highest BCUT2D eigenvalue weighted by Gasteiger charge is 2.35. The predicted octanol–water partition coefficient (Wildman–Crippen LogP) is 3.82. The van der Waals surface area contributed by atoms with Gasteiger partial charge in [-0.1, -0.05) is 12.1 Å². The number of aryl methyl sites for hydroxylation is 1. The zero-order valence-electron chi connectivity index (χ0n) is 15.4. The Bertz CT molecular complexity index is 1100. The monoisotopic (exact) mass is 385 g/mol. The van der Waals surface area contributed by atoms with E-state index in [2.05, 4.69) is 16.2 Å². The Balaban J connectivity index is 1.74. The Kier molecular flexibility index (Phi) is 4.26. The van der Waals surface area contributed by atoms with E-state index in [-0.39, 0.29) is 5.25 Å². The fourth-order valence-corrected chi connectivity index (χ4v) is 4.83. The molecule has 1 aromatic heterocycles. The molecule has 7 heteroatoms. The highest BCUT2D eigenvalue weighted by Crippen LogP contribution is 2.38. The first kappa shape index (κ1) is 17.7. The Hall–Kier alpha value is -2.67. The summed E-state index contributed by atoms with van der Waals surface area (Å²) in [4.78, 5) is 0. The van der Waals surface area contributed by atoms with Crippen LogP contribution in [0.1, 0.15) is 19.8 Å². The van der Waals surface area contributed by atoms with Crippen molar-refractivity contribution in [2.24, 2.45) is 0 Å². The molecule has 2 aromatic carbocycles. The lowest BCUT2D eigenvalue weighted by Crippen LogP contribution is -2.17. The van der Waals surface area contributed by atoms with Crippen molar-refractivity contribution in [2.75, 3.05) is 17.6 Å². The minimum absolute atomic E-state index is 0.245. The summed E-state index contributed by atoms with van der Waals surface area (Å²) in [5.74, 6) is 0.783. The highest BCUT2D eigenvalue weighted by atomic mass is 32.2. The number of fused-ring (bicyclic) bond motifs is 1. The van der Waals surface area contributed by atoms with Gasteiger partial charge in [0.2, 0.25) is 10.0 Å². The number of anilines is 2. The van der Waals surface area contributed by atoms with E-state index in [9.17, 15) is 8.42 Å². The number of nitrogens with one attached hydrogen (secondary N) is 1. The number of nitrogen functional groups attached to an aromatic ring is 1. The summed E-state index contributed by atoms with van der Waals surface area (Å²) in [7, 11) is -1.62. The third-order valence-electron chi connectivity index (χ3n) is 5.01. The van der Waals surface area contributed by atoms with Crippen LogP contribution in [0.15, 0.2) is 42.5 Å². The van der Waals surface area contributed by atoms with Gasteiger partial charge in [0.15, 0.2) is 0 Å². The van der Waals surface area contributed by atoms with Gasteiger partial charge in [-0.3, -0.25) is 4.72 Å². The number of hydrogen-bond donors (Lipinski definition) is 2. The lowest BCUT2D eigenvalue weighted by Gasteiger charge is -2.11. The van der Waals surface area contributed by atoms with E-state index < -0.39 is 10.0 Å². The molecule has 1 aliphatic rings. The number of rotatable bonds is 6. The average molecular weight is 385 g/mol. The second kappa shape index (κ2) is 6.49. The number of nitrogens with two attached hydrogens (primary N) is 1. The molecular weight excluding hydrogens is 362 g/mol. The molecule has 3 N–H and O–H groups in total. The fourth-order valence-electron chi connectivity index (χ4n) is 3.44. The van der Waals surface area contributed by atoms with Gasteiger partial charge in [0, 0.05) is 29.2 Å². The Morgan fingerprint density at radius 2 is 1.89 bits per heavy atom. The van der Waals surface area contributed by atoms with Crippen LogP contribution >= 0.6 is 0 Å². The fraction of sp³-hybridized carbons (Fsp3) is 0.300. The zero-order valence-corrected chi connectivity index (χ0v) is 16.2. The largest absolute Gasteiger partial charge is 0.497 e. The summed E-state index contributed by atoms with van der Waals surface area (Å²) < 4.78 is 34.4. The van der Waals surface area contributed by atoms with Gasteiger partial charge in [-0.15, -0.1) is 0 Å². The number of ether oxygens (including phenoxy) is 1. The third kappa shape index (κ3) is 3.12. The Morgan fingerprint density at radius 3 is 2.48 bits per heavy atom. The molecule has 142 valence electrons. The SMILES string of the molecule is CCn1c(-c2ccc(NS(=O)(=O)C3CC3)cc2)c(N)c2ccc(OC)cc21. The highest BCUT2D eigenvalue weighted by molar-refractivity contribution is 7.93. The molecule has 0 atom stereocenters. The summed E-state index contributed by atoms with van der Waals surface area (Å²) in [6.07, 6.45) is 1.48. The molecule has 27 heavy (non-hydrogen) atoms. The molecule has 0 unspecified atom stereocenters. The quantitative estimate of drug-likeness (QED) is 0.675. The molecule has 4 rings (SSSR count). The number of aromatic nitrogens is 1. The number of benzene rings is 2. The van der Waals surface area contributed by atoms with Gasteiger partial charge in [0.1, 0.15) is 5.75 Å². The smallest absolute Gasteiger partial charge is 0.235 e. The number of sulfonamides is 1. The lowest BCUT2D eigenvalue weighted by atomic mass is 10.1. The molecule has 0 saturated heterocycles. The standard InChI is InChI=1S/C20H23N3O3S/c1-3-23-18-12-15(26-2)8-11-17(18)19(21)20(23)13-4-6-14(7-5-13)22-27(24,25)16-9-10-16/h4-8,11-12,16,22H,3,9-10,21H2,1-2H3. The molecular formula is C20H23N3O3S. The number of hydrogen-bond acceptors (Lipinski definition) is 4. The van der Waals surface area contributed by atoms with Crippen LogP contribution in [-0.4, -0.2) is 25.3 Å². The summed E-state index contributed by atoms with van der Waals surface area (Å²) >= 11 is 0. The second-order valence-electron chi connectivity index (χ2n) is 6.81. The first-order valence-electron chi connectivity index (χ1n) is 9.02. The maximum atomic E-state index is 12.1. The van der Waals surface area contributed by atoms with E-state index in [1.807, 2.05) is 30.3 Å². The van der Waals surface area contributed by atoms with Gasteiger partial charge in [-0.05, 0) is 44.0 Å². The van der Waals surface area contributed by atoms with Crippen molar-refractivity contribution in [3.05, 3.63) is 42.5 Å². The predicted molar refractivity (Wildman–Crippen MR) is 110 cm³/mol. The molecule has 0 bridgehead atoms. The van der Waals surface area contributed by atoms with Crippen molar-refractivity contribution in [3.8, 4) is 17.0 Å². The van der Waals surface area contributed by atoms with Gasteiger partial charge >= 0.3 is 0 Å². The number of nitrogens with zero attached hydrogens (tertiary/aromatic N) is 1. The van der Waals surface area contributed by atoms with E-state index in [1.165, 1.54) is 0 Å². The molecule has 0 radical (unpaired) electrons. The van der Waals surface area contributed by atoms with Crippen molar-refractivity contribution in [2.45, 2.75) is 31.6 Å². The van der Waals surface area contributed by atoms with Crippen LogP contribution in [-0.2, 0) is 16.6 Å². The Labute approximate surface area is 159 Å². The number of methoxy groups -OCH3 is 1. The van der Waals surface area contributed by atoms with E-state index in [0.29, 0.717) is 11.4 Å². The zero-order chi connectivity index (χ0) is 19.2. The van der Waals surface area contributed by atoms with Crippen LogP contribution in [0.5, 0.6) is 5.75 Å². The summed E-state index contributed by atoms with van der Waals surface area (Å²) in [5, 5.41) is 0.733. The van der Waals surface area contributed by atoms with Crippen molar-refractivity contribution >= 4 is 32.3 Å². The van der Waals surface area contributed by atoms with Gasteiger partial charge in [0.05, 0.1) is 29.3 Å². The van der Waals surface area contributed by atoms with Crippen LogP contribution in [0.2, 0.25) is 0 Å². The molecule has 1 saturated carbocycles. The van der Waals surface area contributed by atoms with Crippen molar-refractivity contribution < 1.29 is 13.2 Å². The van der Waals surface area contributed by atoms with Crippen molar-refractivity contribution in [3.63, 3.8) is 0 Å². The molecule has 0 amide bonds. The summed E-state index contributed by atoms with van der Waals surface area (Å²) in [6, 6.07) is 13.2. The molecule has 1 fully saturated rings. The van der Waals surface area contributed by atoms with Gasteiger partial charge in [-0.2, -0.15) is 0 Å². The summed E-state index contributed by atoms with van der Waals surface area (Å²) in [6.45, 7) is 2.83. The maximum absolute atomic E-state index is 12.1. The molecule has 1 aliphatic carbocycles. The minimum atomic E-state index is -3.26. The van der Waals surface area contributed by atoms with E-state index in [1.54, 1.807) is 19.2 Å². The van der Waals surface area contributed by atoms with Crippen LogP contribution < -0.4 is 15.2 Å². The van der Waals surface area contributed by atoms with E-state index in [4.69, 9.17) is 10.5 Å². The topological polar surface area (TPSA) is 86.4 Å². The summed E-state index contributed by atoms with van der Waals surface area (Å²) in [5.41, 5.74) is 10.6. The molecule has 3 aromatic rings. The minimum Gasteiger partial charge on any atom is -0.497 e. The van der Waals surface area contributed by atoms with Gasteiger partial charge in [-0.25, -0.2) is 8.42 Å². The first-order chi connectivity index (χ1) is 12.9. The average Bonchev–Trinajstić information content (AvgIpc) is 3.48. The van der Waals surface area contributed by atoms with E-state index >= 15 is 0 Å². The molecule has 6 nitrogen and oxygen atoms in total. The van der Waals surface area contributed by atoms with Crippen LogP contribution in [0.3, 0.4) is 0 Å². The van der Waals surface area contributed by atoms with Crippen LogP contribution in [0.25, 0.3) is 22.2 Å². The van der Waals surface area contributed by atoms with E-state index in [0.717, 1.165) is 47.3 Å². The Morgan fingerprint density at radius 1 is 1.19 bits per heavy atom. The molecule has 0 aliphatic heterocycles. The first-order valence-corrected chi connectivity index (χ1v) is 10.6.